The molecule has 7 heteroatoms. The highest BCUT2D eigenvalue weighted by Gasteiger charge is 2.27. The summed E-state index contributed by atoms with van der Waals surface area (Å²) in [4.78, 5) is 28.6. The highest BCUT2D eigenvalue weighted by molar-refractivity contribution is 8.15. The first-order valence-electron chi connectivity index (χ1n) is 5.54. The average molecular weight is 276 g/mol. The zero-order chi connectivity index (χ0) is 13.7. The zero-order valence-corrected chi connectivity index (χ0v) is 10.9. The van der Waals surface area contributed by atoms with Gasteiger partial charge in [0.2, 0.25) is 5.91 Å². The number of pyridine rings is 1. The Kier molecular flexibility index (Phi) is 4.30. The first-order valence-corrected chi connectivity index (χ1v) is 6.53. The Bertz CT molecular complexity index is 530. The van der Waals surface area contributed by atoms with Crippen LogP contribution in [0.4, 0.5) is 0 Å². The number of nitrogens with zero attached hydrogens (tertiary/aromatic N) is 3. The molecule has 0 aliphatic carbocycles. The van der Waals surface area contributed by atoms with E-state index in [4.69, 9.17) is 0 Å². The molecule has 0 radical (unpaired) electrons. The van der Waals surface area contributed by atoms with Crippen molar-refractivity contribution in [1.82, 2.24) is 15.3 Å². The number of nitrogens with one attached hydrogen (secondary N) is 1. The van der Waals surface area contributed by atoms with E-state index in [1.165, 1.54) is 29.1 Å². The summed E-state index contributed by atoms with van der Waals surface area (Å²) in [5.74, 6) is -0.0483. The molecule has 2 amide bonds. The van der Waals surface area contributed by atoms with Gasteiger partial charge in [0, 0.05) is 24.5 Å². The van der Waals surface area contributed by atoms with Crippen molar-refractivity contribution in [2.45, 2.75) is 0 Å². The molecule has 1 aliphatic heterocycles. The van der Waals surface area contributed by atoms with Crippen molar-refractivity contribution in [3.63, 3.8) is 0 Å². The normalized spacial score (nSPS) is 16.7. The van der Waals surface area contributed by atoms with Crippen LogP contribution in [0.2, 0.25) is 0 Å². The maximum absolute atomic E-state index is 11.8. The largest absolute Gasteiger partial charge is 0.285 e. The number of thioether (sulfide) groups is 1. The smallest absolute Gasteiger partial charge is 0.271 e. The molecule has 0 aromatic carbocycles. The van der Waals surface area contributed by atoms with E-state index in [1.807, 2.05) is 0 Å². The van der Waals surface area contributed by atoms with Crippen molar-refractivity contribution in [1.29, 1.82) is 0 Å². The lowest BCUT2D eigenvalue weighted by molar-refractivity contribution is -0.123. The number of carbonyl (C=O) groups is 2. The number of hydrogen-bond acceptors (Lipinski definition) is 5. The van der Waals surface area contributed by atoms with Gasteiger partial charge in [-0.05, 0) is 12.1 Å². The number of rotatable bonds is 4. The second kappa shape index (κ2) is 6.14. The third kappa shape index (κ3) is 3.19. The van der Waals surface area contributed by atoms with Gasteiger partial charge >= 0.3 is 0 Å². The van der Waals surface area contributed by atoms with Gasteiger partial charge in [-0.3, -0.25) is 19.5 Å². The zero-order valence-electron chi connectivity index (χ0n) is 10.1. The molecule has 98 valence electrons. The van der Waals surface area contributed by atoms with Gasteiger partial charge in [0.05, 0.1) is 5.75 Å². The highest BCUT2D eigenvalue weighted by atomic mass is 32.2. The van der Waals surface area contributed by atoms with Crippen LogP contribution in [0.25, 0.3) is 0 Å². The molecule has 6 nitrogen and oxygen atoms in total. The summed E-state index contributed by atoms with van der Waals surface area (Å²) in [7, 11) is 0. The van der Waals surface area contributed by atoms with Gasteiger partial charge in [-0.25, -0.2) is 5.43 Å². The molecule has 0 spiro atoms. The van der Waals surface area contributed by atoms with Crippen molar-refractivity contribution in [2.75, 3.05) is 12.3 Å². The Balaban J connectivity index is 2.04. The van der Waals surface area contributed by atoms with Crippen LogP contribution in [0, 0.1) is 0 Å². The van der Waals surface area contributed by atoms with Crippen LogP contribution in [-0.2, 0) is 4.79 Å². The fourth-order valence-electron chi connectivity index (χ4n) is 1.46. The Morgan fingerprint density at radius 3 is 3.00 bits per heavy atom. The van der Waals surface area contributed by atoms with Crippen LogP contribution < -0.4 is 5.43 Å². The molecule has 0 atom stereocenters. The molecule has 1 N–H and O–H groups in total. The van der Waals surface area contributed by atoms with Crippen molar-refractivity contribution in [3.8, 4) is 0 Å². The van der Waals surface area contributed by atoms with Gasteiger partial charge in [0.1, 0.15) is 0 Å². The fourth-order valence-corrected chi connectivity index (χ4v) is 2.31. The van der Waals surface area contributed by atoms with Crippen LogP contribution in [0.5, 0.6) is 0 Å². The van der Waals surface area contributed by atoms with Gasteiger partial charge in [-0.2, -0.15) is 0 Å². The molecule has 1 saturated heterocycles. The van der Waals surface area contributed by atoms with Crippen molar-refractivity contribution in [2.24, 2.45) is 5.10 Å². The monoisotopic (exact) mass is 276 g/mol. The van der Waals surface area contributed by atoms with E-state index in [2.05, 4.69) is 22.1 Å². The van der Waals surface area contributed by atoms with E-state index < -0.39 is 0 Å². The van der Waals surface area contributed by atoms with Gasteiger partial charge in [-0.1, -0.05) is 17.8 Å². The van der Waals surface area contributed by atoms with E-state index in [1.54, 1.807) is 18.2 Å². The molecular formula is C12H12N4O2S. The van der Waals surface area contributed by atoms with Crippen molar-refractivity contribution >= 4 is 28.7 Å². The van der Waals surface area contributed by atoms with Crippen molar-refractivity contribution in [3.05, 3.63) is 42.7 Å². The molecule has 1 aromatic heterocycles. The van der Waals surface area contributed by atoms with E-state index in [0.29, 0.717) is 23.0 Å². The minimum absolute atomic E-state index is 0.0400. The predicted molar refractivity (Wildman–Crippen MR) is 73.5 cm³/mol. The first kappa shape index (κ1) is 13.3. The Morgan fingerprint density at radius 1 is 1.58 bits per heavy atom. The molecule has 1 aromatic rings. The minimum atomic E-state index is -0.339. The lowest BCUT2D eigenvalue weighted by Crippen LogP contribution is -2.31. The minimum Gasteiger partial charge on any atom is -0.285 e. The molecule has 2 heterocycles. The lowest BCUT2D eigenvalue weighted by Gasteiger charge is -2.12. The fraction of sp³-hybridized carbons (Fsp3) is 0.167. The quantitative estimate of drug-likeness (QED) is 0.653. The van der Waals surface area contributed by atoms with E-state index in [-0.39, 0.29) is 11.8 Å². The Hall–Kier alpha value is -2.15. The van der Waals surface area contributed by atoms with Crippen LogP contribution >= 0.6 is 11.8 Å². The predicted octanol–water partition coefficient (Wildman–Crippen LogP) is 0.844. The lowest BCUT2D eigenvalue weighted by atomic mass is 10.3. The number of hydrazone groups is 1. The van der Waals surface area contributed by atoms with E-state index in [9.17, 15) is 9.59 Å². The molecule has 1 aliphatic rings. The summed E-state index contributed by atoms with van der Waals surface area (Å²) in [5, 5.41) is 4.45. The molecule has 2 rings (SSSR count). The molecule has 0 saturated carbocycles. The second-order valence-electron chi connectivity index (χ2n) is 3.65. The standard InChI is InChI=1S/C12H12N4O2S/c1-2-7-16-10(17)8-19-12(16)15-14-11(18)9-3-5-13-6-4-9/h2-6H,1,7-8H2,(H,14,18)/b15-12+. The summed E-state index contributed by atoms with van der Waals surface area (Å²) in [6, 6.07) is 3.17. The molecule has 1 fully saturated rings. The number of hydrogen-bond donors (Lipinski definition) is 1. The molecule has 0 bridgehead atoms. The maximum Gasteiger partial charge on any atom is 0.271 e. The number of amides is 2. The maximum atomic E-state index is 11.8. The summed E-state index contributed by atoms with van der Waals surface area (Å²) < 4.78 is 0. The summed E-state index contributed by atoms with van der Waals surface area (Å²) in [6.07, 6.45) is 4.67. The van der Waals surface area contributed by atoms with Gasteiger partial charge in [-0.15, -0.1) is 11.7 Å². The molecule has 0 unspecified atom stereocenters. The van der Waals surface area contributed by atoms with Crippen LogP contribution in [0.1, 0.15) is 10.4 Å². The first-order chi connectivity index (χ1) is 9.22. The Labute approximate surface area is 114 Å². The summed E-state index contributed by atoms with van der Waals surface area (Å²) in [5.41, 5.74) is 2.88. The van der Waals surface area contributed by atoms with Crippen molar-refractivity contribution < 1.29 is 9.59 Å². The van der Waals surface area contributed by atoms with Crippen LogP contribution in [-0.4, -0.2) is 39.2 Å². The highest BCUT2D eigenvalue weighted by Crippen LogP contribution is 2.18. The summed E-state index contributed by atoms with van der Waals surface area (Å²) >= 11 is 1.29. The SMILES string of the molecule is C=CCN1C(=O)CS/C1=N/NC(=O)c1ccncc1. The van der Waals surface area contributed by atoms with Crippen LogP contribution in [0.3, 0.4) is 0 Å². The third-order valence-electron chi connectivity index (χ3n) is 2.36. The van der Waals surface area contributed by atoms with Gasteiger partial charge < -0.3 is 0 Å². The van der Waals surface area contributed by atoms with Crippen LogP contribution in [0.15, 0.2) is 42.3 Å². The average Bonchev–Trinajstić information content (AvgIpc) is 2.79. The number of carbonyl (C=O) groups excluding carboxylic acids is 2. The summed E-state index contributed by atoms with van der Waals surface area (Å²) in [6.45, 7) is 3.97. The van der Waals surface area contributed by atoms with Gasteiger partial charge in [0.15, 0.2) is 5.17 Å². The van der Waals surface area contributed by atoms with E-state index >= 15 is 0 Å². The molecule has 19 heavy (non-hydrogen) atoms. The third-order valence-corrected chi connectivity index (χ3v) is 3.33. The number of aromatic nitrogens is 1. The second-order valence-corrected chi connectivity index (χ2v) is 4.60. The van der Waals surface area contributed by atoms with E-state index in [0.717, 1.165) is 0 Å². The molecular weight excluding hydrogens is 264 g/mol. The Morgan fingerprint density at radius 2 is 2.32 bits per heavy atom. The number of amidine groups is 1. The topological polar surface area (TPSA) is 74.7 Å². The van der Waals surface area contributed by atoms with Gasteiger partial charge in [0.25, 0.3) is 5.91 Å².